The summed E-state index contributed by atoms with van der Waals surface area (Å²) < 4.78 is 0. The number of ketones is 1. The van der Waals surface area contributed by atoms with Crippen molar-refractivity contribution in [2.24, 2.45) is 0 Å². The third kappa shape index (κ3) is 10.3. The zero-order valence-electron chi connectivity index (χ0n) is 16.8. The highest BCUT2D eigenvalue weighted by Crippen LogP contribution is 2.34. The lowest BCUT2D eigenvalue weighted by Crippen LogP contribution is -2.20. The second-order valence-corrected chi connectivity index (χ2v) is 5.17. The Bertz CT molecular complexity index is 659. The molecule has 0 saturated heterocycles. The van der Waals surface area contributed by atoms with E-state index in [4.69, 9.17) is 11.6 Å². The Hall–Kier alpha value is -2.16. The van der Waals surface area contributed by atoms with Crippen molar-refractivity contribution >= 4 is 40.3 Å². The van der Waals surface area contributed by atoms with Crippen LogP contribution in [0.4, 0.5) is 5.69 Å². The van der Waals surface area contributed by atoms with Crippen LogP contribution < -0.4 is 73.0 Å². The molecule has 1 unspecified atom stereocenters. The zero-order valence-corrected chi connectivity index (χ0v) is 18.4. The van der Waals surface area contributed by atoms with Crippen LogP contribution in [0.3, 0.4) is 0 Å². The third-order valence-electron chi connectivity index (χ3n) is 2.71. The van der Waals surface area contributed by atoms with E-state index in [0.717, 1.165) is 0 Å². The largest absolute Gasteiger partial charge is 0.344 e. The van der Waals surface area contributed by atoms with Crippen LogP contribution in [0.5, 0.6) is 0 Å². The molecule has 0 aliphatic carbocycles. The van der Waals surface area contributed by atoms with Gasteiger partial charge in [0.1, 0.15) is 11.1 Å². The fourth-order valence-corrected chi connectivity index (χ4v) is 2.76. The Morgan fingerprint density at radius 1 is 0.897 bits per heavy atom. The molecule has 2 aromatic heterocycles. The van der Waals surface area contributed by atoms with Crippen molar-refractivity contribution in [3.63, 3.8) is 0 Å². The SMILES string of the molecule is N.N.N.N.N.N.N.N.N.N.N.O=C1Nc2ccc(Cl)nc2C1C(=O)c1cccs1. The number of amides is 1. The Morgan fingerprint density at radius 2 is 1.41 bits per heavy atom. The number of hydrogen-bond acceptors (Lipinski definition) is 15. The summed E-state index contributed by atoms with van der Waals surface area (Å²) in [6.45, 7) is 0. The smallest absolute Gasteiger partial charge is 0.241 e. The van der Waals surface area contributed by atoms with Crippen molar-refractivity contribution < 1.29 is 9.59 Å². The van der Waals surface area contributed by atoms with Gasteiger partial charge in [0.2, 0.25) is 5.91 Å². The molecule has 1 atom stereocenters. The summed E-state index contributed by atoms with van der Waals surface area (Å²) in [4.78, 5) is 28.8. The van der Waals surface area contributed by atoms with Crippen molar-refractivity contribution in [1.29, 1.82) is 0 Å². The molecule has 1 aliphatic rings. The number of anilines is 1. The predicted molar refractivity (Wildman–Crippen MR) is 125 cm³/mol. The molecule has 0 radical (unpaired) electrons. The average Bonchev–Trinajstić information content (AvgIpc) is 2.94. The van der Waals surface area contributed by atoms with Gasteiger partial charge in [0.25, 0.3) is 0 Å². The highest BCUT2D eigenvalue weighted by molar-refractivity contribution is 7.12. The number of pyridine rings is 1. The Kier molecular flexibility index (Phi) is 43.0. The highest BCUT2D eigenvalue weighted by atomic mass is 35.5. The monoisotopic (exact) mass is 465 g/mol. The van der Waals surface area contributed by atoms with Crippen molar-refractivity contribution in [1.82, 2.24) is 72.6 Å². The summed E-state index contributed by atoms with van der Waals surface area (Å²) in [7, 11) is 0. The maximum atomic E-state index is 12.3. The van der Waals surface area contributed by atoms with Gasteiger partial charge in [-0.1, -0.05) is 17.7 Å². The second kappa shape index (κ2) is 22.1. The summed E-state index contributed by atoms with van der Waals surface area (Å²) in [5, 5.41) is 4.71. The summed E-state index contributed by atoms with van der Waals surface area (Å²) in [5.41, 5.74) is 0.963. The molecule has 1 amide bonds. The topological polar surface area (TPSA) is 444 Å². The van der Waals surface area contributed by atoms with Crippen molar-refractivity contribution in [3.8, 4) is 0 Å². The van der Waals surface area contributed by atoms with Gasteiger partial charge in [-0.25, -0.2) is 4.98 Å². The van der Waals surface area contributed by atoms with E-state index >= 15 is 0 Å². The molecule has 0 saturated carbocycles. The normalized spacial score (nSPS) is 10.8. The van der Waals surface area contributed by atoms with Gasteiger partial charge in [0, 0.05) is 0 Å². The zero-order chi connectivity index (χ0) is 12.7. The molecule has 178 valence electrons. The first-order chi connectivity index (χ1) is 8.66. The molecule has 1 aliphatic heterocycles. The van der Waals surface area contributed by atoms with E-state index < -0.39 is 5.92 Å². The van der Waals surface area contributed by atoms with E-state index in [1.807, 2.05) is 0 Å². The van der Waals surface area contributed by atoms with Crippen molar-refractivity contribution in [2.45, 2.75) is 5.92 Å². The first-order valence-electron chi connectivity index (χ1n) is 5.22. The molecule has 15 nitrogen and oxygen atoms in total. The maximum absolute atomic E-state index is 12.3. The third-order valence-corrected chi connectivity index (χ3v) is 3.81. The molecule has 0 spiro atoms. The summed E-state index contributed by atoms with van der Waals surface area (Å²) in [5.74, 6) is -1.48. The lowest BCUT2D eigenvalue weighted by Gasteiger charge is -2.05. The number of Topliss-reactive ketones (excluding diaryl/α,β-unsaturated/α-hetero) is 1. The van der Waals surface area contributed by atoms with Crippen LogP contribution in [-0.2, 0) is 4.79 Å². The van der Waals surface area contributed by atoms with E-state index in [1.165, 1.54) is 11.3 Å². The molecule has 0 bridgehead atoms. The number of thiophene rings is 1. The van der Waals surface area contributed by atoms with Gasteiger partial charge in [-0.15, -0.1) is 11.3 Å². The fraction of sp³-hybridized carbons (Fsp3) is 0.0833. The van der Waals surface area contributed by atoms with Gasteiger partial charge >= 0.3 is 0 Å². The number of halogens is 1. The predicted octanol–water partition coefficient (Wildman–Crippen LogP) is 4.50. The van der Waals surface area contributed by atoms with Gasteiger partial charge in [-0.05, 0) is 23.6 Å². The highest BCUT2D eigenvalue weighted by Gasteiger charge is 2.38. The van der Waals surface area contributed by atoms with Gasteiger partial charge in [-0.2, -0.15) is 0 Å². The summed E-state index contributed by atoms with van der Waals surface area (Å²) >= 11 is 7.12. The number of fused-ring (bicyclic) bond motifs is 1. The quantitative estimate of drug-likeness (QED) is 0.165. The maximum Gasteiger partial charge on any atom is 0.241 e. The molecule has 3 heterocycles. The number of nitrogens with zero attached hydrogens (tertiary/aromatic N) is 1. The molecular weight excluding hydrogens is 426 g/mol. The molecule has 2 aromatic rings. The van der Waals surface area contributed by atoms with E-state index in [9.17, 15) is 9.59 Å². The van der Waals surface area contributed by atoms with Crippen LogP contribution in [0.1, 0.15) is 21.3 Å². The number of aromatic nitrogens is 1. The number of hydrogen-bond donors (Lipinski definition) is 12. The van der Waals surface area contributed by atoms with Crippen LogP contribution in [0.25, 0.3) is 0 Å². The fourth-order valence-electron chi connectivity index (χ4n) is 1.91. The van der Waals surface area contributed by atoms with Gasteiger partial charge in [-0.3, -0.25) is 9.59 Å². The molecule has 34 N–H and O–H groups in total. The van der Waals surface area contributed by atoms with Crippen LogP contribution >= 0.6 is 22.9 Å². The van der Waals surface area contributed by atoms with Gasteiger partial charge < -0.3 is 73.0 Å². The van der Waals surface area contributed by atoms with Crippen molar-refractivity contribution in [3.05, 3.63) is 45.4 Å². The first-order valence-corrected chi connectivity index (χ1v) is 6.47. The number of nitrogens with one attached hydrogen (secondary N) is 1. The minimum atomic E-state index is -0.891. The lowest BCUT2D eigenvalue weighted by molar-refractivity contribution is -0.116. The lowest BCUT2D eigenvalue weighted by atomic mass is 10.00. The van der Waals surface area contributed by atoms with E-state index in [-0.39, 0.29) is 84.5 Å². The van der Waals surface area contributed by atoms with Crippen LogP contribution in [0.15, 0.2) is 29.6 Å². The molecule has 0 fully saturated rings. The van der Waals surface area contributed by atoms with Gasteiger partial charge in [0.05, 0.1) is 16.3 Å². The van der Waals surface area contributed by atoms with E-state index in [1.54, 1.807) is 29.6 Å². The summed E-state index contributed by atoms with van der Waals surface area (Å²) in [6.07, 6.45) is 0. The van der Waals surface area contributed by atoms with E-state index in [2.05, 4.69) is 10.3 Å². The molecular formula is C12H40ClN13O2S. The number of carbonyl (C=O) groups is 2. The molecule has 29 heavy (non-hydrogen) atoms. The first kappa shape index (κ1) is 56.3. The minimum absolute atomic E-state index is 0. The Balaban J connectivity index is -0.0000000519. The standard InChI is InChI=1S/C12H7ClN2O2S.11H3N/c13-8-4-3-6-10(15-8)9(12(17)14-6)11(16)7-2-1-5-18-7;;;;;;;;;;;/h1-5,9H,(H,14,17);11*1H3. The van der Waals surface area contributed by atoms with Crippen LogP contribution in [0, 0.1) is 0 Å². The Labute approximate surface area is 179 Å². The number of carbonyl (C=O) groups excluding carboxylic acids is 2. The van der Waals surface area contributed by atoms with Crippen molar-refractivity contribution in [2.75, 3.05) is 5.32 Å². The van der Waals surface area contributed by atoms with Gasteiger partial charge in [0.15, 0.2) is 5.78 Å². The average molecular weight is 466 g/mol. The molecule has 3 rings (SSSR count). The summed E-state index contributed by atoms with van der Waals surface area (Å²) in [6, 6.07) is 6.71. The number of rotatable bonds is 2. The Morgan fingerprint density at radius 3 is 1.86 bits per heavy atom. The van der Waals surface area contributed by atoms with Crippen LogP contribution in [0.2, 0.25) is 5.15 Å². The molecule has 0 aromatic carbocycles. The van der Waals surface area contributed by atoms with E-state index in [0.29, 0.717) is 16.3 Å². The minimum Gasteiger partial charge on any atom is -0.344 e. The second-order valence-electron chi connectivity index (χ2n) is 3.83. The van der Waals surface area contributed by atoms with Crippen LogP contribution in [-0.4, -0.2) is 16.7 Å². The molecule has 17 heteroatoms.